The lowest BCUT2D eigenvalue weighted by molar-refractivity contribution is -0.149. The zero-order chi connectivity index (χ0) is 25.7. The molecule has 1 atom stereocenters. The van der Waals surface area contributed by atoms with Gasteiger partial charge < -0.3 is 24.8 Å². The molecule has 0 spiro atoms. The van der Waals surface area contributed by atoms with Crippen LogP contribution in [0.25, 0.3) is 0 Å². The number of nitrogens with one attached hydrogen (secondary N) is 1. The highest BCUT2D eigenvalue weighted by Crippen LogP contribution is 2.20. The Bertz CT molecular complexity index is 904. The van der Waals surface area contributed by atoms with Crippen LogP contribution in [-0.2, 0) is 16.0 Å². The number of carbonyl (C=O) groups excluding carboxylic acids is 1. The van der Waals surface area contributed by atoms with E-state index in [2.05, 4.69) is 5.32 Å². The van der Waals surface area contributed by atoms with Crippen molar-refractivity contribution in [2.75, 3.05) is 31.6 Å². The van der Waals surface area contributed by atoms with Gasteiger partial charge in [-0.05, 0) is 56.5 Å². The lowest BCUT2D eigenvalue weighted by Crippen LogP contribution is -2.38. The average Bonchev–Trinajstić information content (AvgIpc) is 2.81. The number of urea groups is 1. The van der Waals surface area contributed by atoms with Crippen LogP contribution in [0.2, 0.25) is 0 Å². The summed E-state index contributed by atoms with van der Waals surface area (Å²) in [7, 11) is 0. The first-order valence-corrected chi connectivity index (χ1v) is 11.7. The van der Waals surface area contributed by atoms with Crippen LogP contribution >= 0.6 is 0 Å². The Balaban J connectivity index is 1.90. The van der Waals surface area contributed by atoms with Crippen molar-refractivity contribution in [1.82, 2.24) is 4.90 Å². The molecular weight excluding hydrogens is 458 g/mol. The molecule has 0 aliphatic rings. The molecule has 0 aliphatic carbocycles. The van der Waals surface area contributed by atoms with E-state index in [0.717, 1.165) is 12.5 Å². The highest BCUT2D eigenvalue weighted by molar-refractivity contribution is 5.89. The van der Waals surface area contributed by atoms with Crippen molar-refractivity contribution >= 4 is 17.7 Å². The van der Waals surface area contributed by atoms with Crippen LogP contribution in [0.15, 0.2) is 54.6 Å². The number of amides is 2. The molecule has 2 amide bonds. The number of para-hydroxylation sites is 1. The summed E-state index contributed by atoms with van der Waals surface area (Å²) in [5.41, 5.74) is 1.45. The molecule has 192 valence electrons. The Labute approximate surface area is 205 Å². The maximum Gasteiger partial charge on any atom is 0.333 e. The van der Waals surface area contributed by atoms with Crippen LogP contribution < -0.4 is 10.1 Å². The van der Waals surface area contributed by atoms with Crippen molar-refractivity contribution in [1.29, 1.82) is 0 Å². The number of rotatable bonds is 15. The van der Waals surface area contributed by atoms with Crippen molar-refractivity contribution in [2.24, 2.45) is 0 Å². The van der Waals surface area contributed by atoms with Gasteiger partial charge in [0.05, 0.1) is 6.54 Å². The monoisotopic (exact) mass is 492 g/mol. The number of alkyl halides is 2. The second kappa shape index (κ2) is 14.3. The van der Waals surface area contributed by atoms with E-state index in [1.807, 2.05) is 18.2 Å². The van der Waals surface area contributed by atoms with Crippen molar-refractivity contribution < 1.29 is 33.0 Å². The molecule has 0 saturated heterocycles. The molecule has 2 rings (SSSR count). The maximum atomic E-state index is 13.1. The fourth-order valence-corrected chi connectivity index (χ4v) is 3.41. The summed E-state index contributed by atoms with van der Waals surface area (Å²) in [6, 6.07) is 15.7. The van der Waals surface area contributed by atoms with Crippen LogP contribution in [0, 0.1) is 0 Å². The fourth-order valence-electron chi connectivity index (χ4n) is 3.41. The SMILES string of the molecule is CCOC(Cc1ccc(OCCN(CCCCC(C)(F)F)C(=O)Nc2ccccc2)cc1)C(=O)O. The Morgan fingerprint density at radius 3 is 2.34 bits per heavy atom. The number of unbranched alkanes of at least 4 members (excludes halogenated alkanes) is 1. The molecule has 0 aliphatic heterocycles. The topological polar surface area (TPSA) is 88.1 Å². The number of carbonyl (C=O) groups is 2. The number of ether oxygens (including phenoxy) is 2. The number of aliphatic carboxylic acids is 1. The van der Waals surface area contributed by atoms with Crippen molar-refractivity contribution in [2.45, 2.75) is 51.6 Å². The quantitative estimate of drug-likeness (QED) is 0.323. The molecule has 2 N–H and O–H groups in total. The predicted molar refractivity (Wildman–Crippen MR) is 130 cm³/mol. The van der Waals surface area contributed by atoms with Gasteiger partial charge in [0.1, 0.15) is 12.4 Å². The minimum absolute atomic E-state index is 0.211. The maximum absolute atomic E-state index is 13.1. The van der Waals surface area contributed by atoms with E-state index in [0.29, 0.717) is 37.4 Å². The molecule has 0 fully saturated rings. The number of carboxylic acids is 1. The van der Waals surface area contributed by atoms with Crippen LogP contribution in [0.1, 0.15) is 38.7 Å². The zero-order valence-electron chi connectivity index (χ0n) is 20.2. The van der Waals surface area contributed by atoms with Gasteiger partial charge in [0.2, 0.25) is 5.92 Å². The normalized spacial score (nSPS) is 12.1. The number of benzene rings is 2. The standard InChI is InChI=1S/C26H34F2N2O5/c1-3-34-23(24(31)32)19-20-11-13-22(14-12-20)35-18-17-30(16-8-7-15-26(2,27)28)25(33)29-21-9-5-4-6-10-21/h4-6,9-14,23H,3,7-8,15-19H2,1-2H3,(H,29,33)(H,31,32). The van der Waals surface area contributed by atoms with E-state index in [4.69, 9.17) is 9.47 Å². The third-order valence-electron chi connectivity index (χ3n) is 5.22. The van der Waals surface area contributed by atoms with Crippen molar-refractivity contribution in [3.05, 3.63) is 60.2 Å². The summed E-state index contributed by atoms with van der Waals surface area (Å²) in [6.07, 6.45) is -0.134. The summed E-state index contributed by atoms with van der Waals surface area (Å²) in [4.78, 5) is 25.6. The molecule has 0 bridgehead atoms. The summed E-state index contributed by atoms with van der Waals surface area (Å²) < 4.78 is 37.2. The van der Waals surface area contributed by atoms with Crippen LogP contribution in [0.3, 0.4) is 0 Å². The predicted octanol–water partition coefficient (Wildman–Crippen LogP) is 5.46. The largest absolute Gasteiger partial charge is 0.492 e. The number of hydrogen-bond acceptors (Lipinski definition) is 4. The minimum Gasteiger partial charge on any atom is -0.492 e. The first-order valence-electron chi connectivity index (χ1n) is 11.7. The second-order valence-corrected chi connectivity index (χ2v) is 8.29. The molecule has 2 aromatic carbocycles. The van der Waals surface area contributed by atoms with Gasteiger partial charge in [-0.25, -0.2) is 18.4 Å². The van der Waals surface area contributed by atoms with Gasteiger partial charge in [0, 0.05) is 31.7 Å². The molecule has 9 heteroatoms. The molecule has 35 heavy (non-hydrogen) atoms. The third-order valence-corrected chi connectivity index (χ3v) is 5.22. The van der Waals surface area contributed by atoms with Gasteiger partial charge in [0.15, 0.2) is 6.10 Å². The van der Waals surface area contributed by atoms with E-state index >= 15 is 0 Å². The zero-order valence-corrected chi connectivity index (χ0v) is 20.2. The van der Waals surface area contributed by atoms with E-state index in [1.54, 1.807) is 48.2 Å². The van der Waals surface area contributed by atoms with E-state index < -0.39 is 18.0 Å². The lowest BCUT2D eigenvalue weighted by atomic mass is 10.1. The third kappa shape index (κ3) is 11.2. The number of hydrogen-bond donors (Lipinski definition) is 2. The number of anilines is 1. The fraction of sp³-hybridized carbons (Fsp3) is 0.462. The Morgan fingerprint density at radius 2 is 1.74 bits per heavy atom. The van der Waals surface area contributed by atoms with E-state index in [1.165, 1.54) is 0 Å². The first kappa shape index (κ1) is 28.0. The average molecular weight is 493 g/mol. The summed E-state index contributed by atoms with van der Waals surface area (Å²) >= 11 is 0. The number of nitrogens with zero attached hydrogens (tertiary/aromatic N) is 1. The summed E-state index contributed by atoms with van der Waals surface area (Å²) in [5, 5.41) is 12.0. The second-order valence-electron chi connectivity index (χ2n) is 8.29. The van der Waals surface area contributed by atoms with Gasteiger partial charge in [-0.15, -0.1) is 0 Å². The van der Waals surface area contributed by atoms with Gasteiger partial charge >= 0.3 is 12.0 Å². The molecule has 2 aromatic rings. The van der Waals surface area contributed by atoms with Gasteiger partial charge in [-0.1, -0.05) is 30.3 Å². The molecule has 0 aromatic heterocycles. The molecular formula is C26H34F2N2O5. The van der Waals surface area contributed by atoms with Gasteiger partial charge in [-0.3, -0.25) is 0 Å². The molecule has 0 saturated carbocycles. The molecule has 1 unspecified atom stereocenters. The smallest absolute Gasteiger partial charge is 0.333 e. The Hall–Kier alpha value is -3.20. The first-order chi connectivity index (χ1) is 16.7. The lowest BCUT2D eigenvalue weighted by Gasteiger charge is -2.23. The number of halogens is 2. The van der Waals surface area contributed by atoms with Crippen LogP contribution in [-0.4, -0.2) is 60.3 Å². The summed E-state index contributed by atoms with van der Waals surface area (Å²) in [5.74, 6) is -3.16. The van der Waals surface area contributed by atoms with E-state index in [-0.39, 0.29) is 32.0 Å². The van der Waals surface area contributed by atoms with Gasteiger partial charge in [-0.2, -0.15) is 0 Å². The van der Waals surface area contributed by atoms with Crippen LogP contribution in [0.5, 0.6) is 5.75 Å². The van der Waals surface area contributed by atoms with Crippen molar-refractivity contribution in [3.63, 3.8) is 0 Å². The van der Waals surface area contributed by atoms with Crippen molar-refractivity contribution in [3.8, 4) is 5.75 Å². The molecule has 0 heterocycles. The molecule has 7 nitrogen and oxygen atoms in total. The van der Waals surface area contributed by atoms with E-state index in [9.17, 15) is 23.5 Å². The Kier molecular flexibility index (Phi) is 11.4. The highest BCUT2D eigenvalue weighted by Gasteiger charge is 2.21. The molecule has 0 radical (unpaired) electrons. The van der Waals surface area contributed by atoms with Crippen LogP contribution in [0.4, 0.5) is 19.3 Å². The van der Waals surface area contributed by atoms with Gasteiger partial charge in [0.25, 0.3) is 0 Å². The number of carboxylic acid groups (broad SMARTS) is 1. The summed E-state index contributed by atoms with van der Waals surface area (Å²) in [6.45, 7) is 3.76. The minimum atomic E-state index is -2.72. The Morgan fingerprint density at radius 1 is 1.06 bits per heavy atom. The highest BCUT2D eigenvalue weighted by atomic mass is 19.3.